The molecule has 0 saturated heterocycles. The standard InChI is InChI=1S/C15H24O3/c1-9-4-5-12-10(7-15(12,2)3)11(8-16)14(18)13(17)6-9/h6,10-13,16-17H,4-5,7-8H2,1-3H3/b9-6-/t10-,11+,12-,13-/m1/s1. The number of ketones is 1. The van der Waals surface area contributed by atoms with E-state index in [0.29, 0.717) is 5.92 Å². The van der Waals surface area contributed by atoms with Crippen molar-refractivity contribution in [3.8, 4) is 0 Å². The number of allylic oxidation sites excluding steroid dienone is 1. The topological polar surface area (TPSA) is 57.5 Å². The Bertz CT molecular complexity index is 370. The predicted octanol–water partition coefficient (Wildman–Crippen LogP) is 1.93. The highest BCUT2D eigenvalue weighted by Gasteiger charge is 2.51. The summed E-state index contributed by atoms with van der Waals surface area (Å²) in [5, 5.41) is 19.4. The lowest BCUT2D eigenvalue weighted by Gasteiger charge is -2.54. The first-order chi connectivity index (χ1) is 8.36. The van der Waals surface area contributed by atoms with Crippen molar-refractivity contribution in [3.63, 3.8) is 0 Å². The molecule has 3 nitrogen and oxygen atoms in total. The van der Waals surface area contributed by atoms with Crippen molar-refractivity contribution in [3.05, 3.63) is 11.6 Å². The molecule has 1 fully saturated rings. The highest BCUT2D eigenvalue weighted by atomic mass is 16.3. The Morgan fingerprint density at radius 2 is 2.11 bits per heavy atom. The van der Waals surface area contributed by atoms with E-state index in [9.17, 15) is 15.0 Å². The van der Waals surface area contributed by atoms with Crippen LogP contribution in [0.4, 0.5) is 0 Å². The van der Waals surface area contributed by atoms with Crippen LogP contribution >= 0.6 is 0 Å². The van der Waals surface area contributed by atoms with E-state index >= 15 is 0 Å². The van der Waals surface area contributed by atoms with Crippen molar-refractivity contribution >= 4 is 5.78 Å². The third kappa shape index (κ3) is 2.26. The lowest BCUT2D eigenvalue weighted by atomic mass is 9.50. The van der Waals surface area contributed by atoms with Gasteiger partial charge >= 0.3 is 0 Å². The Balaban J connectivity index is 2.27. The molecule has 0 amide bonds. The number of aliphatic hydroxyl groups excluding tert-OH is 2. The first-order valence-electron chi connectivity index (χ1n) is 6.87. The minimum Gasteiger partial charge on any atom is -0.396 e. The van der Waals surface area contributed by atoms with Gasteiger partial charge in [0.05, 0.1) is 6.61 Å². The molecule has 3 heteroatoms. The van der Waals surface area contributed by atoms with E-state index in [1.54, 1.807) is 6.08 Å². The molecule has 0 aromatic rings. The van der Waals surface area contributed by atoms with Gasteiger partial charge in [-0.3, -0.25) is 4.79 Å². The van der Waals surface area contributed by atoms with Crippen molar-refractivity contribution in [2.45, 2.75) is 46.1 Å². The maximum Gasteiger partial charge on any atom is 0.170 e. The average Bonchev–Trinajstić information content (AvgIpc) is 2.30. The van der Waals surface area contributed by atoms with Gasteiger partial charge in [0.25, 0.3) is 0 Å². The van der Waals surface area contributed by atoms with E-state index in [0.717, 1.165) is 24.8 Å². The first kappa shape index (κ1) is 13.8. The Morgan fingerprint density at radius 1 is 1.44 bits per heavy atom. The van der Waals surface area contributed by atoms with Crippen LogP contribution < -0.4 is 0 Å². The minimum atomic E-state index is -1.04. The van der Waals surface area contributed by atoms with Crippen LogP contribution in [-0.2, 0) is 4.79 Å². The summed E-state index contributed by atoms with van der Waals surface area (Å²) in [6.45, 7) is 6.30. The summed E-state index contributed by atoms with van der Waals surface area (Å²) in [6, 6.07) is 0. The number of aliphatic hydroxyl groups is 2. The van der Waals surface area contributed by atoms with Crippen LogP contribution in [0.25, 0.3) is 0 Å². The SMILES string of the molecule is C/C1=C/[C@@H](O)C(=O)[C@@H](CO)[C@H]2CC(C)(C)[C@@H]2CC1. The molecule has 2 aliphatic carbocycles. The Kier molecular flexibility index (Phi) is 3.65. The minimum absolute atomic E-state index is 0.139. The smallest absolute Gasteiger partial charge is 0.170 e. The van der Waals surface area contributed by atoms with Crippen LogP contribution in [0, 0.1) is 23.2 Å². The number of hydrogen-bond donors (Lipinski definition) is 2. The zero-order chi connectivity index (χ0) is 13.5. The van der Waals surface area contributed by atoms with E-state index in [1.165, 1.54) is 0 Å². The second-order valence-corrected chi connectivity index (χ2v) is 6.65. The Morgan fingerprint density at radius 3 is 2.67 bits per heavy atom. The molecule has 1 saturated carbocycles. The van der Waals surface area contributed by atoms with Gasteiger partial charge in [0.2, 0.25) is 0 Å². The number of Topliss-reactive ketones (excluding diaryl/α,β-unsaturated/α-hetero) is 1. The molecule has 18 heavy (non-hydrogen) atoms. The molecule has 0 spiro atoms. The number of hydrogen-bond acceptors (Lipinski definition) is 3. The van der Waals surface area contributed by atoms with E-state index in [1.807, 2.05) is 6.92 Å². The van der Waals surface area contributed by atoms with Gasteiger partial charge in [-0.2, -0.15) is 0 Å². The third-order valence-corrected chi connectivity index (χ3v) is 4.94. The van der Waals surface area contributed by atoms with Crippen LogP contribution in [-0.4, -0.2) is 28.7 Å². The summed E-state index contributed by atoms with van der Waals surface area (Å²) in [6.07, 6.45) is 3.58. The van der Waals surface area contributed by atoms with Gasteiger partial charge in [0, 0.05) is 5.92 Å². The molecule has 2 rings (SSSR count). The van der Waals surface area contributed by atoms with E-state index in [4.69, 9.17) is 0 Å². The molecular weight excluding hydrogens is 228 g/mol. The van der Waals surface area contributed by atoms with Crippen molar-refractivity contribution in [2.24, 2.45) is 23.2 Å². The fraction of sp³-hybridized carbons (Fsp3) is 0.800. The number of rotatable bonds is 1. The Hall–Kier alpha value is -0.670. The molecule has 0 unspecified atom stereocenters. The average molecular weight is 252 g/mol. The van der Waals surface area contributed by atoms with E-state index in [-0.39, 0.29) is 29.6 Å². The van der Waals surface area contributed by atoms with Crippen LogP contribution in [0.15, 0.2) is 11.6 Å². The maximum absolute atomic E-state index is 12.2. The molecule has 0 heterocycles. The summed E-state index contributed by atoms with van der Waals surface area (Å²) >= 11 is 0. The van der Waals surface area contributed by atoms with Gasteiger partial charge < -0.3 is 10.2 Å². The molecule has 2 aliphatic rings. The summed E-state index contributed by atoms with van der Waals surface area (Å²) < 4.78 is 0. The van der Waals surface area contributed by atoms with Crippen molar-refractivity contribution in [2.75, 3.05) is 6.61 Å². The third-order valence-electron chi connectivity index (χ3n) is 4.94. The van der Waals surface area contributed by atoms with Gasteiger partial charge in [-0.1, -0.05) is 19.4 Å². The molecule has 0 bridgehead atoms. The molecular formula is C15H24O3. The summed E-state index contributed by atoms with van der Waals surface area (Å²) in [5.41, 5.74) is 1.34. The zero-order valence-corrected chi connectivity index (χ0v) is 11.5. The number of carbonyl (C=O) groups is 1. The number of fused-ring (bicyclic) bond motifs is 1. The quantitative estimate of drug-likeness (QED) is 0.701. The summed E-state index contributed by atoms with van der Waals surface area (Å²) in [5.74, 6) is 0.128. The lowest BCUT2D eigenvalue weighted by Crippen LogP contribution is -2.51. The molecule has 0 aliphatic heterocycles. The van der Waals surface area contributed by atoms with E-state index < -0.39 is 6.10 Å². The summed E-state index contributed by atoms with van der Waals surface area (Å²) in [4.78, 5) is 12.2. The van der Waals surface area contributed by atoms with Gasteiger partial charge in [-0.25, -0.2) is 0 Å². The molecule has 102 valence electrons. The molecule has 0 radical (unpaired) electrons. The highest BCUT2D eigenvalue weighted by Crippen LogP contribution is 2.56. The van der Waals surface area contributed by atoms with Gasteiger partial charge in [0.1, 0.15) is 6.10 Å². The highest BCUT2D eigenvalue weighted by molar-refractivity contribution is 5.87. The molecule has 0 aromatic carbocycles. The molecule has 2 N–H and O–H groups in total. The van der Waals surface area contributed by atoms with Crippen LogP contribution in [0.5, 0.6) is 0 Å². The van der Waals surface area contributed by atoms with Gasteiger partial charge in [-0.15, -0.1) is 0 Å². The zero-order valence-electron chi connectivity index (χ0n) is 11.5. The molecule has 4 atom stereocenters. The van der Waals surface area contributed by atoms with Crippen LogP contribution in [0.1, 0.15) is 40.0 Å². The fourth-order valence-corrected chi connectivity index (χ4v) is 3.82. The van der Waals surface area contributed by atoms with E-state index in [2.05, 4.69) is 13.8 Å². The first-order valence-corrected chi connectivity index (χ1v) is 6.87. The lowest BCUT2D eigenvalue weighted by molar-refractivity contribution is -0.141. The van der Waals surface area contributed by atoms with Crippen LogP contribution in [0.2, 0.25) is 0 Å². The van der Waals surface area contributed by atoms with Crippen molar-refractivity contribution in [1.29, 1.82) is 0 Å². The maximum atomic E-state index is 12.2. The fourth-order valence-electron chi connectivity index (χ4n) is 3.82. The van der Waals surface area contributed by atoms with Crippen molar-refractivity contribution in [1.82, 2.24) is 0 Å². The van der Waals surface area contributed by atoms with Crippen LogP contribution in [0.3, 0.4) is 0 Å². The predicted molar refractivity (Wildman–Crippen MR) is 70.0 cm³/mol. The normalized spacial score (nSPS) is 42.7. The monoisotopic (exact) mass is 252 g/mol. The summed E-state index contributed by atoms with van der Waals surface area (Å²) in [7, 11) is 0. The van der Waals surface area contributed by atoms with Crippen molar-refractivity contribution < 1.29 is 15.0 Å². The molecule has 0 aromatic heterocycles. The largest absolute Gasteiger partial charge is 0.396 e. The Labute approximate surface area is 109 Å². The number of carbonyl (C=O) groups excluding carboxylic acids is 1. The second-order valence-electron chi connectivity index (χ2n) is 6.65. The second kappa shape index (κ2) is 4.78. The van der Waals surface area contributed by atoms with Gasteiger partial charge in [0.15, 0.2) is 5.78 Å². The van der Waals surface area contributed by atoms with Gasteiger partial charge in [-0.05, 0) is 49.5 Å².